The van der Waals surface area contributed by atoms with E-state index in [1.54, 1.807) is 11.3 Å². The lowest BCUT2D eigenvalue weighted by Crippen LogP contribution is -2.36. The zero-order valence-corrected chi connectivity index (χ0v) is 15.8. The largest absolute Gasteiger partial charge is 0.376 e. The molecule has 1 amide bonds. The van der Waals surface area contributed by atoms with Crippen molar-refractivity contribution in [2.45, 2.75) is 51.7 Å². The minimum absolute atomic E-state index is 0.202. The smallest absolute Gasteiger partial charge is 0.223 e. The summed E-state index contributed by atoms with van der Waals surface area (Å²) in [7, 11) is 0. The van der Waals surface area contributed by atoms with Gasteiger partial charge in [-0.2, -0.15) is 0 Å². The number of benzene rings is 1. The van der Waals surface area contributed by atoms with Crippen LogP contribution in [0.4, 0.5) is 0 Å². The Hall–Kier alpha value is -1.65. The fourth-order valence-corrected chi connectivity index (χ4v) is 3.95. The Balaban J connectivity index is 1.58. The normalized spacial score (nSPS) is 16.9. The van der Waals surface area contributed by atoms with Gasteiger partial charge in [-0.1, -0.05) is 37.3 Å². The van der Waals surface area contributed by atoms with Crippen molar-refractivity contribution in [2.24, 2.45) is 0 Å². The molecule has 3 rings (SSSR count). The van der Waals surface area contributed by atoms with Crippen LogP contribution in [-0.2, 0) is 28.9 Å². The lowest BCUT2D eigenvalue weighted by Gasteiger charge is -2.25. The van der Waals surface area contributed by atoms with Crippen molar-refractivity contribution >= 4 is 17.2 Å². The van der Waals surface area contributed by atoms with Gasteiger partial charge in [0.05, 0.1) is 12.6 Å². The molecule has 1 fully saturated rings. The Morgan fingerprint density at radius 1 is 1.24 bits per heavy atom. The lowest BCUT2D eigenvalue weighted by atomic mass is 10.1. The number of carbonyl (C=O) groups is 1. The predicted octanol–water partition coefficient (Wildman–Crippen LogP) is 4.45. The van der Waals surface area contributed by atoms with E-state index in [9.17, 15) is 4.79 Å². The summed E-state index contributed by atoms with van der Waals surface area (Å²) in [5, 5.41) is 2.07. The van der Waals surface area contributed by atoms with E-state index in [1.807, 2.05) is 11.0 Å². The molecule has 0 radical (unpaired) electrons. The van der Waals surface area contributed by atoms with Gasteiger partial charge in [-0.15, -0.1) is 11.3 Å². The van der Waals surface area contributed by atoms with Gasteiger partial charge in [0.25, 0.3) is 0 Å². The van der Waals surface area contributed by atoms with Crippen molar-refractivity contribution in [2.75, 3.05) is 13.2 Å². The molecule has 1 aliphatic rings. The van der Waals surface area contributed by atoms with Crippen LogP contribution in [0.5, 0.6) is 0 Å². The monoisotopic (exact) mass is 357 g/mol. The van der Waals surface area contributed by atoms with E-state index in [2.05, 4.69) is 42.6 Å². The maximum absolute atomic E-state index is 12.8. The quantitative estimate of drug-likeness (QED) is 0.698. The molecule has 0 saturated carbocycles. The molecule has 1 atom stereocenters. The first-order valence-electron chi connectivity index (χ1n) is 9.24. The van der Waals surface area contributed by atoms with Gasteiger partial charge in [-0.25, -0.2) is 0 Å². The Morgan fingerprint density at radius 2 is 2.04 bits per heavy atom. The Bertz CT molecular complexity index is 645. The van der Waals surface area contributed by atoms with Gasteiger partial charge >= 0.3 is 0 Å². The number of ether oxygens (including phenoxy) is 1. The summed E-state index contributed by atoms with van der Waals surface area (Å²) < 4.78 is 5.75. The molecule has 3 nitrogen and oxygen atoms in total. The number of hydrogen-bond donors (Lipinski definition) is 0. The highest BCUT2D eigenvalue weighted by Gasteiger charge is 2.22. The SMILES string of the molecule is CCc1ccc(CCC(=O)N(Cc2cccs2)CC2CCCO2)cc1. The molecule has 25 heavy (non-hydrogen) atoms. The minimum atomic E-state index is 0.202. The average Bonchev–Trinajstić information content (AvgIpc) is 3.33. The number of rotatable bonds is 8. The fourth-order valence-electron chi connectivity index (χ4n) is 3.23. The summed E-state index contributed by atoms with van der Waals surface area (Å²) in [6.45, 7) is 4.40. The molecule has 1 aromatic carbocycles. The van der Waals surface area contributed by atoms with Crippen LogP contribution in [0.25, 0.3) is 0 Å². The van der Waals surface area contributed by atoms with Crippen LogP contribution in [-0.4, -0.2) is 30.1 Å². The molecule has 1 saturated heterocycles. The van der Waals surface area contributed by atoms with Crippen molar-refractivity contribution < 1.29 is 9.53 Å². The number of hydrogen-bond acceptors (Lipinski definition) is 3. The van der Waals surface area contributed by atoms with Gasteiger partial charge in [0.15, 0.2) is 0 Å². The van der Waals surface area contributed by atoms with Gasteiger partial charge in [0.1, 0.15) is 0 Å². The van der Waals surface area contributed by atoms with E-state index in [4.69, 9.17) is 4.74 Å². The molecule has 1 aromatic heterocycles. The molecule has 134 valence electrons. The van der Waals surface area contributed by atoms with Crippen LogP contribution >= 0.6 is 11.3 Å². The molecular formula is C21H27NO2S. The van der Waals surface area contributed by atoms with Gasteiger partial charge in [0.2, 0.25) is 5.91 Å². The molecule has 0 spiro atoms. The Morgan fingerprint density at radius 3 is 2.68 bits per heavy atom. The summed E-state index contributed by atoms with van der Waals surface area (Å²) in [5.41, 5.74) is 2.58. The number of nitrogens with zero attached hydrogens (tertiary/aromatic N) is 1. The highest BCUT2D eigenvalue weighted by Crippen LogP contribution is 2.18. The van der Waals surface area contributed by atoms with Crippen molar-refractivity contribution in [1.82, 2.24) is 4.90 Å². The van der Waals surface area contributed by atoms with E-state index in [0.717, 1.165) is 32.3 Å². The van der Waals surface area contributed by atoms with Crippen LogP contribution in [0.1, 0.15) is 42.2 Å². The second kappa shape index (κ2) is 9.16. The van der Waals surface area contributed by atoms with E-state index < -0.39 is 0 Å². The first-order chi connectivity index (χ1) is 12.2. The highest BCUT2D eigenvalue weighted by atomic mass is 32.1. The summed E-state index contributed by atoms with van der Waals surface area (Å²) in [6.07, 6.45) is 4.78. The number of amides is 1. The molecule has 0 N–H and O–H groups in total. The zero-order chi connectivity index (χ0) is 17.5. The summed E-state index contributed by atoms with van der Waals surface area (Å²) in [5.74, 6) is 0.225. The third kappa shape index (κ3) is 5.41. The summed E-state index contributed by atoms with van der Waals surface area (Å²) in [4.78, 5) is 16.1. The Labute approximate surface area is 154 Å². The summed E-state index contributed by atoms with van der Waals surface area (Å²) in [6, 6.07) is 12.8. The second-order valence-electron chi connectivity index (χ2n) is 6.66. The van der Waals surface area contributed by atoms with E-state index in [0.29, 0.717) is 19.5 Å². The first-order valence-corrected chi connectivity index (χ1v) is 10.1. The van der Waals surface area contributed by atoms with Gasteiger partial charge in [-0.3, -0.25) is 4.79 Å². The van der Waals surface area contributed by atoms with Crippen molar-refractivity contribution in [3.8, 4) is 0 Å². The third-order valence-corrected chi connectivity index (χ3v) is 5.65. The van der Waals surface area contributed by atoms with Crippen molar-refractivity contribution in [3.05, 3.63) is 57.8 Å². The maximum atomic E-state index is 12.8. The van der Waals surface area contributed by atoms with Crippen molar-refractivity contribution in [3.63, 3.8) is 0 Å². The maximum Gasteiger partial charge on any atom is 0.223 e. The average molecular weight is 358 g/mol. The number of aryl methyl sites for hydroxylation is 2. The van der Waals surface area contributed by atoms with E-state index in [-0.39, 0.29) is 12.0 Å². The molecule has 4 heteroatoms. The minimum Gasteiger partial charge on any atom is -0.376 e. The highest BCUT2D eigenvalue weighted by molar-refractivity contribution is 7.09. The number of carbonyl (C=O) groups excluding carboxylic acids is 1. The van der Waals surface area contributed by atoms with E-state index >= 15 is 0 Å². The van der Waals surface area contributed by atoms with Gasteiger partial charge in [0, 0.05) is 24.4 Å². The zero-order valence-electron chi connectivity index (χ0n) is 14.9. The first kappa shape index (κ1) is 18.2. The predicted molar refractivity (Wildman–Crippen MR) is 103 cm³/mol. The van der Waals surface area contributed by atoms with E-state index in [1.165, 1.54) is 16.0 Å². The molecule has 2 heterocycles. The standard InChI is InChI=1S/C21H27NO2S/c1-2-17-7-9-18(10-8-17)11-12-21(23)22(15-19-5-3-13-24-19)16-20-6-4-14-25-20/h4,6-10,14,19H,2-3,5,11-13,15-16H2,1H3. The molecular weight excluding hydrogens is 330 g/mol. The van der Waals surface area contributed by atoms with Crippen molar-refractivity contribution in [1.29, 1.82) is 0 Å². The molecule has 2 aromatic rings. The lowest BCUT2D eigenvalue weighted by molar-refractivity contribution is -0.133. The van der Waals surface area contributed by atoms with Crippen LogP contribution < -0.4 is 0 Å². The molecule has 0 aliphatic carbocycles. The molecule has 0 bridgehead atoms. The van der Waals surface area contributed by atoms with Crippen LogP contribution in [0, 0.1) is 0 Å². The topological polar surface area (TPSA) is 29.5 Å². The van der Waals surface area contributed by atoms with Crippen LogP contribution in [0.15, 0.2) is 41.8 Å². The van der Waals surface area contributed by atoms with Gasteiger partial charge in [-0.05, 0) is 48.3 Å². The summed E-state index contributed by atoms with van der Waals surface area (Å²) >= 11 is 1.71. The Kier molecular flexibility index (Phi) is 6.65. The number of thiophene rings is 1. The third-order valence-electron chi connectivity index (χ3n) is 4.79. The van der Waals surface area contributed by atoms with Gasteiger partial charge < -0.3 is 9.64 Å². The van der Waals surface area contributed by atoms with Crippen LogP contribution in [0.3, 0.4) is 0 Å². The van der Waals surface area contributed by atoms with Crippen LogP contribution in [0.2, 0.25) is 0 Å². The fraction of sp³-hybridized carbons (Fsp3) is 0.476. The molecule has 1 aliphatic heterocycles. The molecule has 1 unspecified atom stereocenters. The second-order valence-corrected chi connectivity index (χ2v) is 7.69.